The first-order chi connectivity index (χ1) is 11.8. The van der Waals surface area contributed by atoms with Crippen molar-refractivity contribution in [2.24, 2.45) is 7.05 Å². The molecule has 0 radical (unpaired) electrons. The number of fused-ring (bicyclic) bond motifs is 1. The normalized spacial score (nSPS) is 14.4. The van der Waals surface area contributed by atoms with Gasteiger partial charge in [-0.25, -0.2) is 0 Å². The average Bonchev–Trinajstić information content (AvgIpc) is 2.96. The summed E-state index contributed by atoms with van der Waals surface area (Å²) in [7, 11) is 1.74. The summed E-state index contributed by atoms with van der Waals surface area (Å²) in [6, 6.07) is 7.21. The lowest BCUT2D eigenvalue weighted by Gasteiger charge is -2.20. The molecule has 1 aliphatic heterocycles. The predicted molar refractivity (Wildman–Crippen MR) is 94.7 cm³/mol. The van der Waals surface area contributed by atoms with Gasteiger partial charge in [-0.1, -0.05) is 12.1 Å². The number of amides is 2. The Kier molecular flexibility index (Phi) is 4.44. The molecule has 0 saturated heterocycles. The molecule has 2 aromatic rings. The van der Waals surface area contributed by atoms with Crippen molar-refractivity contribution in [2.45, 2.75) is 32.7 Å². The highest BCUT2D eigenvalue weighted by molar-refractivity contribution is 5.99. The molecule has 0 aliphatic carbocycles. The fourth-order valence-electron chi connectivity index (χ4n) is 3.01. The minimum Gasteiger partial charge on any atom is -0.346 e. The summed E-state index contributed by atoms with van der Waals surface area (Å²) in [5.41, 5.74) is 3.86. The molecule has 2 heterocycles. The number of nitrogens with one attached hydrogen (secondary N) is 2. The maximum atomic E-state index is 12.5. The first kappa shape index (κ1) is 17.0. The zero-order valence-corrected chi connectivity index (χ0v) is 14.6. The van der Waals surface area contributed by atoms with Gasteiger partial charge in [0.15, 0.2) is 5.78 Å². The molecule has 130 valence electrons. The molecule has 1 aromatic carbocycles. The van der Waals surface area contributed by atoms with E-state index in [1.54, 1.807) is 23.9 Å². The smallest absolute Gasteiger partial charge is 0.268 e. The Morgan fingerprint density at radius 3 is 2.68 bits per heavy atom. The molecule has 1 aromatic heterocycles. The molecule has 2 amide bonds. The molecule has 0 spiro atoms. The van der Waals surface area contributed by atoms with Crippen LogP contribution in [0.5, 0.6) is 0 Å². The van der Waals surface area contributed by atoms with Crippen molar-refractivity contribution in [1.29, 1.82) is 0 Å². The average molecular weight is 339 g/mol. The van der Waals surface area contributed by atoms with Crippen LogP contribution >= 0.6 is 0 Å². The van der Waals surface area contributed by atoms with E-state index in [0.29, 0.717) is 24.1 Å². The highest BCUT2D eigenvalue weighted by Gasteiger charge is 2.19. The van der Waals surface area contributed by atoms with Crippen molar-refractivity contribution in [3.8, 4) is 0 Å². The van der Waals surface area contributed by atoms with Crippen LogP contribution in [0.3, 0.4) is 0 Å². The highest BCUT2D eigenvalue weighted by Crippen LogP contribution is 2.26. The summed E-state index contributed by atoms with van der Waals surface area (Å²) in [5, 5.41) is 5.81. The lowest BCUT2D eigenvalue weighted by Crippen LogP contribution is -2.28. The van der Waals surface area contributed by atoms with Gasteiger partial charge in [0.2, 0.25) is 5.91 Å². The summed E-state index contributed by atoms with van der Waals surface area (Å²) in [4.78, 5) is 35.4. The topological polar surface area (TPSA) is 80.2 Å². The van der Waals surface area contributed by atoms with Crippen LogP contribution in [0.2, 0.25) is 0 Å². The summed E-state index contributed by atoms with van der Waals surface area (Å²) in [6.07, 6.45) is 2.84. The van der Waals surface area contributed by atoms with Gasteiger partial charge in [-0.05, 0) is 43.5 Å². The largest absolute Gasteiger partial charge is 0.346 e. The first-order valence-electron chi connectivity index (χ1n) is 8.26. The van der Waals surface area contributed by atoms with E-state index in [-0.39, 0.29) is 23.6 Å². The van der Waals surface area contributed by atoms with Crippen LogP contribution in [-0.4, -0.2) is 22.2 Å². The molecule has 0 unspecified atom stereocenters. The number of benzene rings is 1. The van der Waals surface area contributed by atoms with Crippen molar-refractivity contribution < 1.29 is 14.4 Å². The molecule has 2 N–H and O–H groups in total. The number of ketones is 1. The van der Waals surface area contributed by atoms with Gasteiger partial charge < -0.3 is 15.2 Å². The van der Waals surface area contributed by atoms with E-state index in [1.807, 2.05) is 25.1 Å². The number of aromatic nitrogens is 1. The maximum Gasteiger partial charge on any atom is 0.268 e. The SMILES string of the molecule is CC(=O)c1cc(C(=O)N[C@H](C)c2ccc3c(c2)CCC(=O)N3)n(C)c1. The van der Waals surface area contributed by atoms with E-state index >= 15 is 0 Å². The van der Waals surface area contributed by atoms with Crippen LogP contribution < -0.4 is 10.6 Å². The molecular formula is C19H21N3O3. The zero-order chi connectivity index (χ0) is 18.1. The van der Waals surface area contributed by atoms with Crippen molar-refractivity contribution in [3.05, 3.63) is 52.8 Å². The predicted octanol–water partition coefficient (Wildman–Crippen LogP) is 2.60. The van der Waals surface area contributed by atoms with Gasteiger partial charge in [-0.3, -0.25) is 14.4 Å². The lowest BCUT2D eigenvalue weighted by molar-refractivity contribution is -0.116. The van der Waals surface area contributed by atoms with Crippen LogP contribution in [0.25, 0.3) is 0 Å². The van der Waals surface area contributed by atoms with E-state index in [1.165, 1.54) is 6.92 Å². The number of aryl methyl sites for hydroxylation is 2. The molecule has 0 saturated carbocycles. The molecule has 25 heavy (non-hydrogen) atoms. The van der Waals surface area contributed by atoms with E-state index in [2.05, 4.69) is 10.6 Å². The number of nitrogens with zero attached hydrogens (tertiary/aromatic N) is 1. The number of carbonyl (C=O) groups excluding carboxylic acids is 3. The van der Waals surface area contributed by atoms with Gasteiger partial charge >= 0.3 is 0 Å². The molecule has 6 heteroatoms. The van der Waals surface area contributed by atoms with Gasteiger partial charge in [0.1, 0.15) is 5.69 Å². The van der Waals surface area contributed by atoms with Gasteiger partial charge in [-0.15, -0.1) is 0 Å². The van der Waals surface area contributed by atoms with E-state index in [0.717, 1.165) is 16.8 Å². The van der Waals surface area contributed by atoms with Crippen molar-refractivity contribution in [1.82, 2.24) is 9.88 Å². The fraction of sp³-hybridized carbons (Fsp3) is 0.316. The minimum absolute atomic E-state index is 0.0339. The van der Waals surface area contributed by atoms with Gasteiger partial charge in [0, 0.05) is 30.9 Å². The fourth-order valence-corrected chi connectivity index (χ4v) is 3.01. The Morgan fingerprint density at radius 1 is 1.24 bits per heavy atom. The van der Waals surface area contributed by atoms with E-state index in [4.69, 9.17) is 0 Å². The molecule has 1 atom stereocenters. The molecule has 3 rings (SSSR count). The van der Waals surface area contributed by atoms with Gasteiger partial charge in [0.05, 0.1) is 6.04 Å². The number of carbonyl (C=O) groups is 3. The van der Waals surface area contributed by atoms with Crippen LogP contribution in [0.1, 0.15) is 58.3 Å². The summed E-state index contributed by atoms with van der Waals surface area (Å²) in [5.74, 6) is -0.264. The number of rotatable bonds is 4. The van der Waals surface area contributed by atoms with E-state index < -0.39 is 0 Å². The third kappa shape index (κ3) is 3.47. The first-order valence-corrected chi connectivity index (χ1v) is 8.26. The van der Waals surface area contributed by atoms with Crippen LogP contribution in [0, 0.1) is 0 Å². The quantitative estimate of drug-likeness (QED) is 0.840. The van der Waals surface area contributed by atoms with Crippen molar-refractivity contribution in [3.63, 3.8) is 0 Å². The Morgan fingerprint density at radius 2 is 2.00 bits per heavy atom. The standard InChI is InChI=1S/C19H21N3O3/c1-11(13-4-6-16-14(8-13)5-7-18(24)21-16)20-19(25)17-9-15(12(2)23)10-22(17)3/h4,6,8-11H,5,7H2,1-3H3,(H,20,25)(H,21,24)/t11-/m1/s1. The second kappa shape index (κ2) is 6.55. The monoisotopic (exact) mass is 339 g/mol. The lowest BCUT2D eigenvalue weighted by atomic mass is 9.98. The number of Topliss-reactive ketones (excluding diaryl/α,β-unsaturated/α-hetero) is 1. The number of hydrogen-bond acceptors (Lipinski definition) is 3. The minimum atomic E-state index is -0.228. The Hall–Kier alpha value is -2.89. The summed E-state index contributed by atoms with van der Waals surface area (Å²) >= 11 is 0. The molecule has 0 fully saturated rings. The second-order valence-electron chi connectivity index (χ2n) is 6.44. The molecule has 1 aliphatic rings. The molecule has 0 bridgehead atoms. The van der Waals surface area contributed by atoms with Crippen molar-refractivity contribution >= 4 is 23.3 Å². The zero-order valence-electron chi connectivity index (χ0n) is 14.6. The third-order valence-electron chi connectivity index (χ3n) is 4.52. The molecule has 6 nitrogen and oxygen atoms in total. The van der Waals surface area contributed by atoms with Crippen LogP contribution in [0.15, 0.2) is 30.5 Å². The van der Waals surface area contributed by atoms with E-state index in [9.17, 15) is 14.4 Å². The van der Waals surface area contributed by atoms with Crippen LogP contribution in [-0.2, 0) is 18.3 Å². The summed E-state index contributed by atoms with van der Waals surface area (Å²) in [6.45, 7) is 3.39. The maximum absolute atomic E-state index is 12.5. The summed E-state index contributed by atoms with van der Waals surface area (Å²) < 4.78 is 1.65. The van der Waals surface area contributed by atoms with Gasteiger partial charge in [-0.2, -0.15) is 0 Å². The molecular weight excluding hydrogens is 318 g/mol. The highest BCUT2D eigenvalue weighted by atomic mass is 16.2. The number of anilines is 1. The van der Waals surface area contributed by atoms with Crippen molar-refractivity contribution in [2.75, 3.05) is 5.32 Å². The third-order valence-corrected chi connectivity index (χ3v) is 4.52. The van der Waals surface area contributed by atoms with Crippen LogP contribution in [0.4, 0.5) is 5.69 Å². The Bertz CT molecular complexity index is 867. The Balaban J connectivity index is 1.76. The Labute approximate surface area is 146 Å². The number of hydrogen-bond donors (Lipinski definition) is 2. The second-order valence-corrected chi connectivity index (χ2v) is 6.44. The van der Waals surface area contributed by atoms with Gasteiger partial charge in [0.25, 0.3) is 5.91 Å².